The number of amides is 2. The number of likely N-dealkylation sites (tertiary alicyclic amines) is 1. The summed E-state index contributed by atoms with van der Waals surface area (Å²) in [5, 5.41) is 12.0. The van der Waals surface area contributed by atoms with Crippen LogP contribution in [0.4, 0.5) is 4.79 Å². The van der Waals surface area contributed by atoms with Gasteiger partial charge in [-0.05, 0) is 25.9 Å². The van der Waals surface area contributed by atoms with Crippen molar-refractivity contribution in [2.75, 3.05) is 39.8 Å². The van der Waals surface area contributed by atoms with Gasteiger partial charge in [0.05, 0.1) is 13.2 Å². The quantitative estimate of drug-likeness (QED) is 0.735. The van der Waals surface area contributed by atoms with Crippen molar-refractivity contribution in [3.05, 3.63) is 0 Å². The van der Waals surface area contributed by atoms with Gasteiger partial charge in [0.25, 0.3) is 0 Å². The van der Waals surface area contributed by atoms with Crippen LogP contribution in [0.3, 0.4) is 0 Å². The Hall–Kier alpha value is -1.34. The summed E-state index contributed by atoms with van der Waals surface area (Å²) in [6, 6.07) is -0.0224. The van der Waals surface area contributed by atoms with Crippen molar-refractivity contribution in [3.63, 3.8) is 0 Å². The number of ether oxygens (including phenoxy) is 1. The number of carboxylic acid groups (broad SMARTS) is 1. The molecule has 7 nitrogen and oxygen atoms in total. The number of carbonyl (C=O) groups excluding carboxylic acids is 1. The molecule has 20 heavy (non-hydrogen) atoms. The highest BCUT2D eigenvalue weighted by Gasteiger charge is 2.31. The normalized spacial score (nSPS) is 31.9. The third kappa shape index (κ3) is 3.61. The Morgan fingerprint density at radius 2 is 2.05 bits per heavy atom. The van der Waals surface area contributed by atoms with E-state index < -0.39 is 12.1 Å². The number of carboxylic acids is 1. The fraction of sp³-hybridized carbons (Fsp3) is 0.846. The lowest BCUT2D eigenvalue weighted by molar-refractivity contribution is -0.154. The molecule has 2 N–H and O–H groups in total. The Labute approximate surface area is 118 Å². The summed E-state index contributed by atoms with van der Waals surface area (Å²) in [5.41, 5.74) is 0. The van der Waals surface area contributed by atoms with E-state index >= 15 is 0 Å². The van der Waals surface area contributed by atoms with Crippen LogP contribution in [0, 0.1) is 5.92 Å². The van der Waals surface area contributed by atoms with E-state index in [1.54, 1.807) is 0 Å². The van der Waals surface area contributed by atoms with Gasteiger partial charge >= 0.3 is 12.0 Å². The van der Waals surface area contributed by atoms with E-state index in [-0.39, 0.29) is 25.2 Å². The molecule has 2 aliphatic heterocycles. The van der Waals surface area contributed by atoms with Gasteiger partial charge < -0.3 is 25.0 Å². The molecular formula is C13H23N3O4. The summed E-state index contributed by atoms with van der Waals surface area (Å²) in [4.78, 5) is 26.9. The summed E-state index contributed by atoms with van der Waals surface area (Å²) in [7, 11) is 2.08. The number of nitrogens with one attached hydrogen (secondary N) is 1. The topological polar surface area (TPSA) is 82.1 Å². The number of morpholine rings is 1. The molecular weight excluding hydrogens is 262 g/mol. The first-order valence-corrected chi connectivity index (χ1v) is 7.05. The fourth-order valence-corrected chi connectivity index (χ4v) is 2.80. The number of nitrogens with zero attached hydrogens (tertiary/aromatic N) is 2. The van der Waals surface area contributed by atoms with Crippen LogP contribution in [0.15, 0.2) is 0 Å². The van der Waals surface area contributed by atoms with Crippen molar-refractivity contribution in [1.82, 2.24) is 15.1 Å². The van der Waals surface area contributed by atoms with Crippen molar-refractivity contribution >= 4 is 12.0 Å². The molecule has 2 amide bonds. The molecule has 0 aromatic heterocycles. The number of rotatable bonds is 2. The zero-order valence-corrected chi connectivity index (χ0v) is 12.0. The number of aliphatic carboxylic acids is 1. The molecule has 3 unspecified atom stereocenters. The number of piperidine rings is 1. The largest absolute Gasteiger partial charge is 0.479 e. The molecule has 0 aromatic carbocycles. The van der Waals surface area contributed by atoms with Crippen molar-refractivity contribution in [2.24, 2.45) is 5.92 Å². The summed E-state index contributed by atoms with van der Waals surface area (Å²) in [5.74, 6) is -0.621. The van der Waals surface area contributed by atoms with Crippen LogP contribution in [0.1, 0.15) is 13.3 Å². The Morgan fingerprint density at radius 3 is 2.70 bits per heavy atom. The molecule has 0 spiro atoms. The molecule has 3 atom stereocenters. The first-order valence-electron chi connectivity index (χ1n) is 7.05. The number of carbonyl (C=O) groups is 2. The Kier molecular flexibility index (Phi) is 4.82. The van der Waals surface area contributed by atoms with Crippen molar-refractivity contribution in [2.45, 2.75) is 25.5 Å². The maximum atomic E-state index is 12.2. The van der Waals surface area contributed by atoms with Crippen LogP contribution in [0.25, 0.3) is 0 Å². The molecule has 0 saturated carbocycles. The molecule has 0 aliphatic carbocycles. The van der Waals surface area contributed by atoms with E-state index in [0.717, 1.165) is 19.5 Å². The predicted octanol–water partition coefficient (Wildman–Crippen LogP) is -0.178. The van der Waals surface area contributed by atoms with Gasteiger partial charge in [0.15, 0.2) is 6.10 Å². The van der Waals surface area contributed by atoms with E-state index in [4.69, 9.17) is 9.84 Å². The minimum atomic E-state index is -1.02. The monoisotopic (exact) mass is 285 g/mol. The van der Waals surface area contributed by atoms with Crippen molar-refractivity contribution in [3.8, 4) is 0 Å². The highest BCUT2D eigenvalue weighted by atomic mass is 16.5. The van der Waals surface area contributed by atoms with Crippen LogP contribution in [0.2, 0.25) is 0 Å². The van der Waals surface area contributed by atoms with E-state index in [9.17, 15) is 9.59 Å². The number of hydrogen-bond donors (Lipinski definition) is 2. The summed E-state index contributed by atoms with van der Waals surface area (Å²) in [6.45, 7) is 4.88. The van der Waals surface area contributed by atoms with Crippen LogP contribution >= 0.6 is 0 Å². The molecule has 2 rings (SSSR count). The maximum Gasteiger partial charge on any atom is 0.334 e. The fourth-order valence-electron chi connectivity index (χ4n) is 2.80. The van der Waals surface area contributed by atoms with Crippen molar-refractivity contribution < 1.29 is 19.4 Å². The maximum absolute atomic E-state index is 12.2. The third-order valence-corrected chi connectivity index (χ3v) is 4.05. The van der Waals surface area contributed by atoms with Crippen LogP contribution in [0.5, 0.6) is 0 Å². The van der Waals surface area contributed by atoms with Crippen molar-refractivity contribution in [1.29, 1.82) is 0 Å². The van der Waals surface area contributed by atoms with Gasteiger partial charge in [-0.1, -0.05) is 6.92 Å². The lowest BCUT2D eigenvalue weighted by Gasteiger charge is -2.37. The van der Waals surface area contributed by atoms with Crippen LogP contribution in [-0.2, 0) is 9.53 Å². The number of urea groups is 1. The lowest BCUT2D eigenvalue weighted by Crippen LogP contribution is -2.56. The van der Waals surface area contributed by atoms with E-state index in [1.807, 2.05) is 0 Å². The molecule has 7 heteroatoms. The molecule has 2 saturated heterocycles. The van der Waals surface area contributed by atoms with E-state index in [1.165, 1.54) is 4.90 Å². The number of hydrogen-bond acceptors (Lipinski definition) is 4. The summed E-state index contributed by atoms with van der Waals surface area (Å²) >= 11 is 0. The second-order valence-electron chi connectivity index (χ2n) is 5.73. The first-order chi connectivity index (χ1) is 9.47. The standard InChI is InChI=1S/C13H23N3O4/c1-9-7-15(2)4-3-10(9)14-13(19)16-5-6-20-11(8-16)12(17)18/h9-11H,3-8H2,1-2H3,(H,14,19)(H,17,18). The smallest absolute Gasteiger partial charge is 0.334 e. The molecule has 2 heterocycles. The lowest BCUT2D eigenvalue weighted by atomic mass is 9.94. The average Bonchev–Trinajstić information content (AvgIpc) is 2.42. The highest BCUT2D eigenvalue weighted by Crippen LogP contribution is 2.16. The Balaban J connectivity index is 1.86. The predicted molar refractivity (Wildman–Crippen MR) is 72.5 cm³/mol. The van der Waals surface area contributed by atoms with Gasteiger partial charge in [0, 0.05) is 19.1 Å². The van der Waals surface area contributed by atoms with Crippen LogP contribution in [-0.4, -0.2) is 78.9 Å². The minimum Gasteiger partial charge on any atom is -0.479 e. The third-order valence-electron chi connectivity index (χ3n) is 4.05. The second kappa shape index (κ2) is 6.41. The SMILES string of the molecule is CC1CN(C)CCC1NC(=O)N1CCOC(C(=O)O)C1. The van der Waals surface area contributed by atoms with Gasteiger partial charge in [-0.2, -0.15) is 0 Å². The molecule has 0 bridgehead atoms. The summed E-state index contributed by atoms with van der Waals surface area (Å²) in [6.07, 6.45) is 0.0141. The zero-order chi connectivity index (χ0) is 14.7. The van der Waals surface area contributed by atoms with Gasteiger partial charge in [0.1, 0.15) is 0 Å². The average molecular weight is 285 g/mol. The van der Waals surface area contributed by atoms with Gasteiger partial charge in [-0.25, -0.2) is 9.59 Å². The highest BCUT2D eigenvalue weighted by molar-refractivity contribution is 5.77. The van der Waals surface area contributed by atoms with E-state index in [2.05, 4.69) is 24.2 Å². The second-order valence-corrected chi connectivity index (χ2v) is 5.73. The Morgan fingerprint density at radius 1 is 1.30 bits per heavy atom. The molecule has 114 valence electrons. The molecule has 0 aromatic rings. The van der Waals surface area contributed by atoms with Gasteiger partial charge in [-0.3, -0.25) is 0 Å². The van der Waals surface area contributed by atoms with Crippen LogP contribution < -0.4 is 5.32 Å². The first kappa shape index (κ1) is 15.1. The van der Waals surface area contributed by atoms with Gasteiger partial charge in [-0.15, -0.1) is 0 Å². The molecule has 2 aliphatic rings. The van der Waals surface area contributed by atoms with E-state index in [0.29, 0.717) is 12.5 Å². The zero-order valence-electron chi connectivity index (χ0n) is 12.0. The minimum absolute atomic E-state index is 0.113. The molecule has 0 radical (unpaired) electrons. The van der Waals surface area contributed by atoms with Gasteiger partial charge in [0.2, 0.25) is 0 Å². The summed E-state index contributed by atoms with van der Waals surface area (Å²) < 4.78 is 5.12. The molecule has 2 fully saturated rings. The Bertz CT molecular complexity index is 377.